The average Bonchev–Trinajstić information content (AvgIpc) is 2.77. The van der Waals surface area contributed by atoms with Crippen LogP contribution in [0.15, 0.2) is 53.4 Å². The summed E-state index contributed by atoms with van der Waals surface area (Å²) >= 11 is 1.78. The number of piperazine rings is 1. The molecule has 2 aromatic rings. The second kappa shape index (κ2) is 8.91. The standard InChI is InChI=1S/C23H27N3O2S/c1-18-5-4-6-19(17-18)24-11-13-25(14-12-24)22(27)9-10-23(28)26-15-16-29-21-8-3-2-7-20(21)26/h2-8,17H,9-16H2,1H3. The van der Waals surface area contributed by atoms with Crippen molar-refractivity contribution in [2.45, 2.75) is 24.7 Å². The summed E-state index contributed by atoms with van der Waals surface area (Å²) in [6.45, 7) is 5.90. The third-order valence-electron chi connectivity index (χ3n) is 5.58. The molecular formula is C23H27N3O2S. The monoisotopic (exact) mass is 409 g/mol. The summed E-state index contributed by atoms with van der Waals surface area (Å²) in [4.78, 5) is 32.6. The molecule has 0 atom stereocenters. The molecular weight excluding hydrogens is 382 g/mol. The normalized spacial score (nSPS) is 16.5. The molecule has 2 heterocycles. The highest BCUT2D eigenvalue weighted by atomic mass is 32.2. The van der Waals surface area contributed by atoms with Gasteiger partial charge in [0.25, 0.3) is 0 Å². The zero-order valence-corrected chi connectivity index (χ0v) is 17.7. The number of carbonyl (C=O) groups is 2. The van der Waals surface area contributed by atoms with Crippen LogP contribution in [0.25, 0.3) is 0 Å². The van der Waals surface area contributed by atoms with E-state index in [0.717, 1.165) is 29.4 Å². The molecule has 6 heteroatoms. The van der Waals surface area contributed by atoms with Crippen LogP contribution in [0.3, 0.4) is 0 Å². The molecule has 0 aliphatic carbocycles. The van der Waals surface area contributed by atoms with Gasteiger partial charge in [-0.15, -0.1) is 11.8 Å². The number of carbonyl (C=O) groups excluding carboxylic acids is 2. The van der Waals surface area contributed by atoms with Crippen molar-refractivity contribution in [2.75, 3.05) is 48.3 Å². The number of rotatable bonds is 4. The number of nitrogens with zero attached hydrogens (tertiary/aromatic N) is 3. The van der Waals surface area contributed by atoms with E-state index in [1.165, 1.54) is 11.3 Å². The van der Waals surface area contributed by atoms with Crippen LogP contribution in [-0.4, -0.2) is 55.2 Å². The Morgan fingerprint density at radius 3 is 2.45 bits per heavy atom. The van der Waals surface area contributed by atoms with Gasteiger partial charge in [0.1, 0.15) is 0 Å². The fourth-order valence-electron chi connectivity index (χ4n) is 3.97. The van der Waals surface area contributed by atoms with Crippen molar-refractivity contribution in [3.05, 3.63) is 54.1 Å². The van der Waals surface area contributed by atoms with Crippen molar-refractivity contribution in [1.82, 2.24) is 4.90 Å². The molecule has 5 nitrogen and oxygen atoms in total. The highest BCUT2D eigenvalue weighted by molar-refractivity contribution is 7.99. The molecule has 29 heavy (non-hydrogen) atoms. The molecule has 0 aromatic heterocycles. The average molecular weight is 410 g/mol. The first kappa shape index (κ1) is 19.8. The number of thioether (sulfide) groups is 1. The smallest absolute Gasteiger partial charge is 0.227 e. The summed E-state index contributed by atoms with van der Waals surface area (Å²) in [6.07, 6.45) is 0.561. The predicted octanol–water partition coefficient (Wildman–Crippen LogP) is 3.56. The molecule has 0 bridgehead atoms. The minimum Gasteiger partial charge on any atom is -0.368 e. The van der Waals surface area contributed by atoms with Gasteiger partial charge < -0.3 is 14.7 Å². The van der Waals surface area contributed by atoms with E-state index >= 15 is 0 Å². The molecule has 2 amide bonds. The Labute approximate surface area is 176 Å². The maximum absolute atomic E-state index is 12.8. The first-order chi connectivity index (χ1) is 14.1. The molecule has 0 N–H and O–H groups in total. The number of hydrogen-bond donors (Lipinski definition) is 0. The first-order valence-electron chi connectivity index (χ1n) is 10.2. The van der Waals surface area contributed by atoms with Crippen molar-refractivity contribution in [1.29, 1.82) is 0 Å². The van der Waals surface area contributed by atoms with Gasteiger partial charge in [-0.05, 0) is 36.8 Å². The molecule has 0 spiro atoms. The number of aryl methyl sites for hydroxylation is 1. The quantitative estimate of drug-likeness (QED) is 0.775. The molecule has 2 aromatic carbocycles. The summed E-state index contributed by atoms with van der Waals surface area (Å²) in [5.74, 6) is 1.03. The van der Waals surface area contributed by atoms with Gasteiger partial charge in [-0.2, -0.15) is 0 Å². The maximum atomic E-state index is 12.8. The third kappa shape index (κ3) is 4.58. The van der Waals surface area contributed by atoms with Crippen molar-refractivity contribution in [3.63, 3.8) is 0 Å². The SMILES string of the molecule is Cc1cccc(N2CCN(C(=O)CCC(=O)N3CCSc4ccccc43)CC2)c1. The van der Waals surface area contributed by atoms with Crippen LogP contribution in [0.1, 0.15) is 18.4 Å². The molecule has 152 valence electrons. The lowest BCUT2D eigenvalue weighted by Gasteiger charge is -2.36. The summed E-state index contributed by atoms with van der Waals surface area (Å²) in [5, 5.41) is 0. The number of fused-ring (bicyclic) bond motifs is 1. The van der Waals surface area contributed by atoms with Gasteiger partial charge in [0.05, 0.1) is 5.69 Å². The van der Waals surface area contributed by atoms with Crippen LogP contribution >= 0.6 is 11.8 Å². The lowest BCUT2D eigenvalue weighted by atomic mass is 10.1. The Morgan fingerprint density at radius 2 is 1.66 bits per heavy atom. The van der Waals surface area contributed by atoms with Crippen molar-refractivity contribution >= 4 is 35.0 Å². The van der Waals surface area contributed by atoms with Crippen molar-refractivity contribution in [3.8, 4) is 0 Å². The van der Waals surface area contributed by atoms with Gasteiger partial charge in [0.15, 0.2) is 0 Å². The molecule has 0 saturated carbocycles. The zero-order chi connectivity index (χ0) is 20.2. The summed E-state index contributed by atoms with van der Waals surface area (Å²) < 4.78 is 0. The fourth-order valence-corrected chi connectivity index (χ4v) is 4.97. The number of hydrogen-bond acceptors (Lipinski definition) is 4. The molecule has 2 aliphatic rings. The number of amides is 2. The number of benzene rings is 2. The second-order valence-corrected chi connectivity index (χ2v) is 8.71. The van der Waals surface area contributed by atoms with E-state index in [2.05, 4.69) is 42.2 Å². The first-order valence-corrected chi connectivity index (χ1v) is 11.2. The molecule has 1 fully saturated rings. The van der Waals surface area contributed by atoms with E-state index in [1.54, 1.807) is 11.8 Å². The van der Waals surface area contributed by atoms with E-state index in [1.807, 2.05) is 28.0 Å². The van der Waals surface area contributed by atoms with Crippen LogP contribution in [0.2, 0.25) is 0 Å². The van der Waals surface area contributed by atoms with Crippen molar-refractivity contribution in [2.24, 2.45) is 0 Å². The zero-order valence-electron chi connectivity index (χ0n) is 16.8. The van der Waals surface area contributed by atoms with Gasteiger partial charge in [-0.25, -0.2) is 0 Å². The summed E-state index contributed by atoms with van der Waals surface area (Å²) in [5.41, 5.74) is 3.44. The van der Waals surface area contributed by atoms with E-state index in [4.69, 9.17) is 0 Å². The molecule has 2 aliphatic heterocycles. The lowest BCUT2D eigenvalue weighted by Crippen LogP contribution is -2.49. The van der Waals surface area contributed by atoms with Gasteiger partial charge in [0.2, 0.25) is 11.8 Å². The van der Waals surface area contributed by atoms with Gasteiger partial charge in [-0.1, -0.05) is 24.3 Å². The van der Waals surface area contributed by atoms with Gasteiger partial charge >= 0.3 is 0 Å². The Kier molecular flexibility index (Phi) is 6.09. The predicted molar refractivity (Wildman–Crippen MR) is 119 cm³/mol. The highest BCUT2D eigenvalue weighted by Crippen LogP contribution is 2.34. The number of anilines is 2. The topological polar surface area (TPSA) is 43.9 Å². The maximum Gasteiger partial charge on any atom is 0.227 e. The molecule has 0 radical (unpaired) electrons. The van der Waals surface area contributed by atoms with Crippen LogP contribution < -0.4 is 9.80 Å². The van der Waals surface area contributed by atoms with E-state index in [9.17, 15) is 9.59 Å². The Bertz CT molecular complexity index is 893. The molecule has 4 rings (SSSR count). The van der Waals surface area contributed by atoms with Crippen molar-refractivity contribution < 1.29 is 9.59 Å². The van der Waals surface area contributed by atoms with Gasteiger partial charge in [0, 0.05) is 61.9 Å². The van der Waals surface area contributed by atoms with Crippen LogP contribution in [-0.2, 0) is 9.59 Å². The van der Waals surface area contributed by atoms with E-state index in [0.29, 0.717) is 19.6 Å². The van der Waals surface area contributed by atoms with E-state index in [-0.39, 0.29) is 24.7 Å². The number of para-hydroxylation sites is 1. The fraction of sp³-hybridized carbons (Fsp3) is 0.391. The highest BCUT2D eigenvalue weighted by Gasteiger charge is 2.25. The Hall–Kier alpha value is -2.47. The van der Waals surface area contributed by atoms with Crippen LogP contribution in [0.4, 0.5) is 11.4 Å². The van der Waals surface area contributed by atoms with Gasteiger partial charge in [-0.3, -0.25) is 9.59 Å². The van der Waals surface area contributed by atoms with E-state index < -0.39 is 0 Å². The second-order valence-electron chi connectivity index (χ2n) is 7.57. The lowest BCUT2D eigenvalue weighted by molar-refractivity contribution is -0.133. The molecule has 1 saturated heterocycles. The largest absolute Gasteiger partial charge is 0.368 e. The van der Waals surface area contributed by atoms with Crippen LogP contribution in [0.5, 0.6) is 0 Å². The summed E-state index contributed by atoms with van der Waals surface area (Å²) in [7, 11) is 0. The minimum absolute atomic E-state index is 0.0458. The third-order valence-corrected chi connectivity index (χ3v) is 6.62. The summed E-state index contributed by atoms with van der Waals surface area (Å²) in [6, 6.07) is 16.5. The Balaban J connectivity index is 1.28. The Morgan fingerprint density at radius 1 is 0.897 bits per heavy atom. The molecule has 0 unspecified atom stereocenters. The minimum atomic E-state index is 0.0458. The van der Waals surface area contributed by atoms with Crippen LogP contribution in [0, 0.1) is 6.92 Å².